The number of hydrogen-bond donors (Lipinski definition) is 2. The molecule has 6 nitrogen and oxygen atoms in total. The monoisotopic (exact) mass is 342 g/mol. The minimum atomic E-state index is -1.08. The molecular formula is C13H15BrN2O4. The van der Waals surface area contributed by atoms with E-state index in [-0.39, 0.29) is 11.6 Å². The van der Waals surface area contributed by atoms with E-state index in [0.717, 1.165) is 12.8 Å². The minimum absolute atomic E-state index is 0.0394. The zero-order chi connectivity index (χ0) is 15.0. The van der Waals surface area contributed by atoms with Gasteiger partial charge in [-0.25, -0.2) is 4.79 Å². The molecule has 2 N–H and O–H groups in total. The van der Waals surface area contributed by atoms with Crippen molar-refractivity contribution in [2.75, 3.05) is 0 Å². The first-order valence-electron chi connectivity index (χ1n) is 6.27. The SMILES string of the molecule is Cc1[nH]c(=O)c(C(=O)N(C2CC2)C(C)C(=O)O)cc1Br. The molecular weight excluding hydrogens is 328 g/mol. The molecule has 1 aliphatic carbocycles. The number of aromatic nitrogens is 1. The van der Waals surface area contributed by atoms with E-state index in [2.05, 4.69) is 20.9 Å². The molecule has 0 radical (unpaired) electrons. The lowest BCUT2D eigenvalue weighted by Gasteiger charge is -2.26. The summed E-state index contributed by atoms with van der Waals surface area (Å²) < 4.78 is 0.610. The van der Waals surface area contributed by atoms with Gasteiger partial charge in [-0.2, -0.15) is 0 Å². The van der Waals surface area contributed by atoms with Crippen LogP contribution < -0.4 is 5.56 Å². The van der Waals surface area contributed by atoms with Gasteiger partial charge in [0.25, 0.3) is 11.5 Å². The average Bonchev–Trinajstić information content (AvgIpc) is 3.18. The van der Waals surface area contributed by atoms with Gasteiger partial charge < -0.3 is 15.0 Å². The van der Waals surface area contributed by atoms with Crippen LogP contribution in [0.3, 0.4) is 0 Å². The number of carbonyl (C=O) groups is 2. The predicted octanol–water partition coefficient (Wildman–Crippen LogP) is 1.52. The number of pyridine rings is 1. The highest BCUT2D eigenvalue weighted by atomic mass is 79.9. The summed E-state index contributed by atoms with van der Waals surface area (Å²) in [5, 5.41) is 9.10. The number of amides is 1. The lowest BCUT2D eigenvalue weighted by atomic mass is 10.2. The highest BCUT2D eigenvalue weighted by Gasteiger charge is 2.39. The van der Waals surface area contributed by atoms with Gasteiger partial charge in [0.1, 0.15) is 11.6 Å². The van der Waals surface area contributed by atoms with E-state index < -0.39 is 23.5 Å². The molecule has 0 bridgehead atoms. The first-order chi connectivity index (χ1) is 9.32. The molecule has 0 spiro atoms. The highest BCUT2D eigenvalue weighted by molar-refractivity contribution is 9.10. The van der Waals surface area contributed by atoms with E-state index in [1.165, 1.54) is 17.9 Å². The van der Waals surface area contributed by atoms with E-state index in [1.807, 2.05) is 0 Å². The van der Waals surface area contributed by atoms with Gasteiger partial charge in [-0.15, -0.1) is 0 Å². The summed E-state index contributed by atoms with van der Waals surface area (Å²) >= 11 is 3.26. The molecule has 0 aliphatic heterocycles. The van der Waals surface area contributed by atoms with Crippen molar-refractivity contribution in [3.05, 3.63) is 32.2 Å². The maximum atomic E-state index is 12.5. The number of nitrogens with zero attached hydrogens (tertiary/aromatic N) is 1. The summed E-state index contributed by atoms with van der Waals surface area (Å²) in [5.41, 5.74) is 0.0808. The highest BCUT2D eigenvalue weighted by Crippen LogP contribution is 2.30. The number of H-pyrrole nitrogens is 1. The van der Waals surface area contributed by atoms with Crippen LogP contribution in [-0.2, 0) is 4.79 Å². The molecule has 1 fully saturated rings. The maximum Gasteiger partial charge on any atom is 0.326 e. The fraction of sp³-hybridized carbons (Fsp3) is 0.462. The Morgan fingerprint density at radius 1 is 1.50 bits per heavy atom. The summed E-state index contributed by atoms with van der Waals surface area (Å²) in [5.74, 6) is -1.61. The molecule has 20 heavy (non-hydrogen) atoms. The van der Waals surface area contributed by atoms with Crippen molar-refractivity contribution in [1.29, 1.82) is 0 Å². The number of hydrogen-bond acceptors (Lipinski definition) is 3. The molecule has 1 aromatic heterocycles. The third-order valence-corrected chi connectivity index (χ3v) is 4.18. The Morgan fingerprint density at radius 3 is 2.60 bits per heavy atom. The number of rotatable bonds is 4. The molecule has 1 atom stereocenters. The normalized spacial score (nSPS) is 15.8. The molecule has 1 aromatic rings. The first-order valence-corrected chi connectivity index (χ1v) is 7.07. The van der Waals surface area contributed by atoms with Crippen LogP contribution in [0.4, 0.5) is 0 Å². The number of aryl methyl sites for hydroxylation is 1. The second-order valence-electron chi connectivity index (χ2n) is 4.94. The lowest BCUT2D eigenvalue weighted by Crippen LogP contribution is -2.46. The number of aromatic amines is 1. The molecule has 1 aliphatic rings. The van der Waals surface area contributed by atoms with Gasteiger partial charge in [0, 0.05) is 16.2 Å². The molecule has 1 saturated carbocycles. The van der Waals surface area contributed by atoms with Crippen LogP contribution in [0.2, 0.25) is 0 Å². The van der Waals surface area contributed by atoms with Gasteiger partial charge in [0.05, 0.1) is 0 Å². The summed E-state index contributed by atoms with van der Waals surface area (Å²) in [6.45, 7) is 3.16. The van der Waals surface area contributed by atoms with E-state index in [1.54, 1.807) is 6.92 Å². The molecule has 1 unspecified atom stereocenters. The van der Waals surface area contributed by atoms with Crippen LogP contribution in [0.25, 0.3) is 0 Å². The molecule has 1 amide bonds. The van der Waals surface area contributed by atoms with Crippen molar-refractivity contribution in [3.63, 3.8) is 0 Å². The van der Waals surface area contributed by atoms with Crippen LogP contribution in [0.15, 0.2) is 15.3 Å². The topological polar surface area (TPSA) is 90.5 Å². The van der Waals surface area contributed by atoms with Crippen molar-refractivity contribution in [3.8, 4) is 0 Å². The van der Waals surface area contributed by atoms with Crippen molar-refractivity contribution in [1.82, 2.24) is 9.88 Å². The Morgan fingerprint density at radius 2 is 2.10 bits per heavy atom. The Hall–Kier alpha value is -1.63. The largest absolute Gasteiger partial charge is 0.480 e. The smallest absolute Gasteiger partial charge is 0.326 e. The molecule has 1 heterocycles. The van der Waals surface area contributed by atoms with Gasteiger partial charge in [0.2, 0.25) is 0 Å². The van der Waals surface area contributed by atoms with E-state index in [9.17, 15) is 14.4 Å². The van der Waals surface area contributed by atoms with E-state index in [0.29, 0.717) is 10.2 Å². The summed E-state index contributed by atoms with van der Waals surface area (Å²) in [6, 6.07) is 0.406. The van der Waals surface area contributed by atoms with E-state index in [4.69, 9.17) is 5.11 Å². The summed E-state index contributed by atoms with van der Waals surface area (Å²) in [4.78, 5) is 39.4. The van der Waals surface area contributed by atoms with Crippen LogP contribution >= 0.6 is 15.9 Å². The van der Waals surface area contributed by atoms with Gasteiger partial charge in [-0.3, -0.25) is 9.59 Å². The van der Waals surface area contributed by atoms with Crippen LogP contribution in [0, 0.1) is 6.92 Å². The maximum absolute atomic E-state index is 12.5. The quantitative estimate of drug-likeness (QED) is 0.867. The van der Waals surface area contributed by atoms with Crippen molar-refractivity contribution >= 4 is 27.8 Å². The standard InChI is InChI=1S/C13H15BrN2O4/c1-6-10(14)5-9(11(17)15-6)12(18)16(8-3-4-8)7(2)13(19)20/h5,7-8H,3-4H2,1-2H3,(H,15,17)(H,19,20). The zero-order valence-electron chi connectivity index (χ0n) is 11.1. The number of carbonyl (C=O) groups excluding carboxylic acids is 1. The van der Waals surface area contributed by atoms with Gasteiger partial charge in [-0.1, -0.05) is 0 Å². The van der Waals surface area contributed by atoms with Gasteiger partial charge >= 0.3 is 5.97 Å². The second kappa shape index (κ2) is 5.40. The number of halogens is 1. The Bertz CT molecular complexity index is 621. The fourth-order valence-electron chi connectivity index (χ4n) is 2.03. The molecule has 0 saturated heterocycles. The van der Waals surface area contributed by atoms with Crippen molar-refractivity contribution in [2.24, 2.45) is 0 Å². The number of aliphatic carboxylic acids is 1. The number of nitrogens with one attached hydrogen (secondary N) is 1. The molecule has 108 valence electrons. The Labute approximate surface area is 123 Å². The van der Waals surface area contributed by atoms with Gasteiger partial charge in [-0.05, 0) is 48.7 Å². The Kier molecular flexibility index (Phi) is 3.99. The fourth-order valence-corrected chi connectivity index (χ4v) is 2.35. The summed E-state index contributed by atoms with van der Waals surface area (Å²) in [7, 11) is 0. The van der Waals surface area contributed by atoms with Crippen LogP contribution in [0.1, 0.15) is 35.8 Å². The molecule has 7 heteroatoms. The Balaban J connectivity index is 2.40. The lowest BCUT2D eigenvalue weighted by molar-refractivity contribution is -0.141. The van der Waals surface area contributed by atoms with Crippen molar-refractivity contribution in [2.45, 2.75) is 38.8 Å². The number of carboxylic acids is 1. The predicted molar refractivity (Wildman–Crippen MR) is 75.8 cm³/mol. The zero-order valence-corrected chi connectivity index (χ0v) is 12.7. The number of carboxylic acid groups (broad SMARTS) is 1. The third kappa shape index (κ3) is 2.77. The third-order valence-electron chi connectivity index (χ3n) is 3.35. The minimum Gasteiger partial charge on any atom is -0.480 e. The van der Waals surface area contributed by atoms with Crippen LogP contribution in [-0.4, -0.2) is 39.0 Å². The average molecular weight is 343 g/mol. The molecule has 2 rings (SSSR count). The van der Waals surface area contributed by atoms with Crippen molar-refractivity contribution < 1.29 is 14.7 Å². The second-order valence-corrected chi connectivity index (χ2v) is 5.80. The molecule has 0 aromatic carbocycles. The summed E-state index contributed by atoms with van der Waals surface area (Å²) in [6.07, 6.45) is 1.54. The van der Waals surface area contributed by atoms with E-state index >= 15 is 0 Å². The van der Waals surface area contributed by atoms with Crippen LogP contribution in [0.5, 0.6) is 0 Å². The first kappa shape index (κ1) is 14.8. The van der Waals surface area contributed by atoms with Gasteiger partial charge in [0.15, 0.2) is 0 Å².